The third kappa shape index (κ3) is 3.59. The predicted octanol–water partition coefficient (Wildman–Crippen LogP) is 4.83. The molecule has 0 aliphatic rings. The highest BCUT2D eigenvalue weighted by molar-refractivity contribution is 7.14. The van der Waals surface area contributed by atoms with E-state index >= 15 is 0 Å². The molecule has 6 heteroatoms. The Morgan fingerprint density at radius 3 is 2.81 bits per heavy atom. The molecule has 0 amide bonds. The van der Waals surface area contributed by atoms with Gasteiger partial charge >= 0.3 is 0 Å². The number of fused-ring (bicyclic) bond motifs is 1. The number of benzene rings is 1. The largest absolute Gasteiger partial charge is 0.383 e. The second-order valence-electron chi connectivity index (χ2n) is 6.28. The summed E-state index contributed by atoms with van der Waals surface area (Å²) in [5.74, 6) is 0. The van der Waals surface area contributed by atoms with Crippen molar-refractivity contribution in [1.29, 1.82) is 0 Å². The van der Waals surface area contributed by atoms with E-state index in [0.717, 1.165) is 51.6 Å². The minimum atomic E-state index is 0.695. The molecule has 1 aromatic carbocycles. The number of aromatic nitrogens is 3. The number of pyridine rings is 1. The molecule has 4 aromatic rings. The molecule has 0 fully saturated rings. The van der Waals surface area contributed by atoms with Gasteiger partial charge in [-0.25, -0.2) is 9.97 Å². The zero-order valence-corrected chi connectivity index (χ0v) is 16.3. The van der Waals surface area contributed by atoms with Crippen molar-refractivity contribution < 1.29 is 4.74 Å². The summed E-state index contributed by atoms with van der Waals surface area (Å²) in [6.07, 6.45) is 3.91. The zero-order chi connectivity index (χ0) is 18.6. The van der Waals surface area contributed by atoms with Crippen molar-refractivity contribution in [3.63, 3.8) is 0 Å². The highest BCUT2D eigenvalue weighted by Gasteiger charge is 2.14. The van der Waals surface area contributed by atoms with Crippen LogP contribution >= 0.6 is 11.3 Å². The number of rotatable bonds is 7. The van der Waals surface area contributed by atoms with Crippen LogP contribution in [0.25, 0.3) is 33.4 Å². The van der Waals surface area contributed by atoms with Crippen molar-refractivity contribution in [2.24, 2.45) is 0 Å². The Morgan fingerprint density at radius 2 is 2.04 bits per heavy atom. The average molecular weight is 379 g/mol. The molecule has 3 heterocycles. The van der Waals surface area contributed by atoms with Crippen LogP contribution in [0.15, 0.2) is 54.2 Å². The van der Waals surface area contributed by atoms with E-state index in [1.165, 1.54) is 0 Å². The van der Waals surface area contributed by atoms with Crippen molar-refractivity contribution in [3.05, 3.63) is 54.2 Å². The minimum Gasteiger partial charge on any atom is -0.383 e. The molecule has 27 heavy (non-hydrogen) atoms. The molecule has 3 aromatic heterocycles. The van der Waals surface area contributed by atoms with Gasteiger partial charge < -0.3 is 14.6 Å². The van der Waals surface area contributed by atoms with Crippen LogP contribution < -0.4 is 4.90 Å². The topological polar surface area (TPSA) is 54.0 Å². The minimum absolute atomic E-state index is 0.695. The highest BCUT2D eigenvalue weighted by atomic mass is 32.1. The Morgan fingerprint density at radius 1 is 1.19 bits per heavy atom. The summed E-state index contributed by atoms with van der Waals surface area (Å²) in [5, 5.41) is 4.22. The first kappa shape index (κ1) is 17.7. The molecule has 0 aliphatic carbocycles. The molecule has 0 bridgehead atoms. The lowest BCUT2D eigenvalue weighted by atomic mass is 10.1. The van der Waals surface area contributed by atoms with Crippen LogP contribution in [0.2, 0.25) is 0 Å². The van der Waals surface area contributed by atoms with Crippen LogP contribution in [0.5, 0.6) is 0 Å². The Balaban J connectivity index is 1.70. The smallest absolute Gasteiger partial charge is 0.185 e. The number of nitrogens with one attached hydrogen (secondary N) is 1. The predicted molar refractivity (Wildman–Crippen MR) is 112 cm³/mol. The maximum Gasteiger partial charge on any atom is 0.185 e. The number of likely N-dealkylation sites (N-methyl/N-ethyl adjacent to an activating group) is 1. The van der Waals surface area contributed by atoms with Gasteiger partial charge in [0.1, 0.15) is 5.65 Å². The van der Waals surface area contributed by atoms with Crippen molar-refractivity contribution in [2.45, 2.75) is 6.92 Å². The van der Waals surface area contributed by atoms with Crippen LogP contribution in [-0.2, 0) is 4.74 Å². The number of H-pyrrole nitrogens is 1. The lowest BCUT2D eigenvalue weighted by Crippen LogP contribution is -2.26. The fraction of sp³-hybridized carbons (Fsp3) is 0.238. The number of aromatic amines is 1. The summed E-state index contributed by atoms with van der Waals surface area (Å²) >= 11 is 1.67. The molecule has 0 radical (unpaired) electrons. The molecular weight excluding hydrogens is 356 g/mol. The monoisotopic (exact) mass is 378 g/mol. The van der Waals surface area contributed by atoms with E-state index in [4.69, 9.17) is 9.72 Å². The Hall–Kier alpha value is -2.70. The highest BCUT2D eigenvalue weighted by Crippen LogP contribution is 2.33. The van der Waals surface area contributed by atoms with Gasteiger partial charge in [-0.3, -0.25) is 0 Å². The lowest BCUT2D eigenvalue weighted by molar-refractivity contribution is 0.205. The second kappa shape index (κ2) is 7.90. The van der Waals surface area contributed by atoms with Crippen LogP contribution in [0.4, 0.5) is 5.13 Å². The molecule has 4 rings (SSSR count). The van der Waals surface area contributed by atoms with Gasteiger partial charge in [-0.2, -0.15) is 0 Å². The number of nitrogens with zero attached hydrogens (tertiary/aromatic N) is 3. The van der Waals surface area contributed by atoms with Gasteiger partial charge in [0.2, 0.25) is 0 Å². The van der Waals surface area contributed by atoms with Crippen molar-refractivity contribution in [2.75, 3.05) is 31.7 Å². The van der Waals surface area contributed by atoms with Gasteiger partial charge in [0.15, 0.2) is 5.13 Å². The Bertz CT molecular complexity index is 1030. The standard InChI is InChI=1S/C21H22N4OS/c1-3-25(9-10-26-2)21-24-19(14-27-21)18-13-23-20-17(18)11-16(12-22-20)15-7-5-4-6-8-15/h4-8,11-14H,3,9-10H2,1-2H3,(H,22,23). The van der Waals surface area contributed by atoms with E-state index in [-0.39, 0.29) is 0 Å². The quantitative estimate of drug-likeness (QED) is 0.501. The van der Waals surface area contributed by atoms with E-state index in [1.807, 2.05) is 30.6 Å². The van der Waals surface area contributed by atoms with Crippen molar-refractivity contribution in [1.82, 2.24) is 15.0 Å². The Kier molecular flexibility index (Phi) is 5.18. The first-order valence-corrected chi connectivity index (χ1v) is 9.90. The lowest BCUT2D eigenvalue weighted by Gasteiger charge is -2.18. The molecule has 5 nitrogen and oxygen atoms in total. The maximum atomic E-state index is 5.21. The first-order chi connectivity index (χ1) is 13.3. The van der Waals surface area contributed by atoms with E-state index in [9.17, 15) is 0 Å². The third-order valence-electron chi connectivity index (χ3n) is 4.62. The molecule has 0 spiro atoms. The number of ether oxygens (including phenoxy) is 1. The van der Waals surface area contributed by atoms with E-state index in [2.05, 4.69) is 45.4 Å². The third-order valence-corrected chi connectivity index (χ3v) is 5.53. The average Bonchev–Trinajstić information content (AvgIpc) is 3.36. The van der Waals surface area contributed by atoms with Gasteiger partial charge in [-0.05, 0) is 18.6 Å². The van der Waals surface area contributed by atoms with Crippen LogP contribution in [0, 0.1) is 0 Å². The maximum absolute atomic E-state index is 5.21. The van der Waals surface area contributed by atoms with Crippen molar-refractivity contribution >= 4 is 27.5 Å². The van der Waals surface area contributed by atoms with E-state index < -0.39 is 0 Å². The van der Waals surface area contributed by atoms with Crippen LogP contribution in [0.1, 0.15) is 6.92 Å². The molecule has 0 saturated heterocycles. The van der Waals surface area contributed by atoms with Gasteiger partial charge in [0.05, 0.1) is 12.3 Å². The fourth-order valence-electron chi connectivity index (χ4n) is 3.13. The summed E-state index contributed by atoms with van der Waals surface area (Å²) in [4.78, 5) is 15.0. The fourth-order valence-corrected chi connectivity index (χ4v) is 4.04. The van der Waals surface area contributed by atoms with Gasteiger partial charge in [0, 0.05) is 54.5 Å². The number of hydrogen-bond donors (Lipinski definition) is 1. The normalized spacial score (nSPS) is 11.2. The molecule has 138 valence electrons. The molecule has 0 unspecified atom stereocenters. The molecule has 0 saturated carbocycles. The van der Waals surface area contributed by atoms with E-state index in [1.54, 1.807) is 18.4 Å². The summed E-state index contributed by atoms with van der Waals surface area (Å²) in [7, 11) is 1.73. The van der Waals surface area contributed by atoms with Gasteiger partial charge in [-0.15, -0.1) is 11.3 Å². The molecule has 0 atom stereocenters. The molecule has 0 aliphatic heterocycles. The number of anilines is 1. The SMILES string of the molecule is CCN(CCOC)c1nc(-c2c[nH]c3ncc(-c4ccccc4)cc23)cs1. The second-order valence-corrected chi connectivity index (χ2v) is 7.11. The molecule has 1 N–H and O–H groups in total. The van der Waals surface area contributed by atoms with Crippen molar-refractivity contribution in [3.8, 4) is 22.4 Å². The summed E-state index contributed by atoms with van der Waals surface area (Å²) < 4.78 is 5.21. The Labute approximate surface area is 162 Å². The molecular formula is C21H22N4OS. The number of thiazole rings is 1. The number of hydrogen-bond acceptors (Lipinski definition) is 5. The zero-order valence-electron chi connectivity index (χ0n) is 15.5. The number of methoxy groups -OCH3 is 1. The summed E-state index contributed by atoms with van der Waals surface area (Å²) in [6.45, 7) is 4.58. The summed E-state index contributed by atoms with van der Waals surface area (Å²) in [5.41, 5.74) is 5.21. The van der Waals surface area contributed by atoms with Gasteiger partial charge in [0.25, 0.3) is 0 Å². The first-order valence-electron chi connectivity index (χ1n) is 9.02. The van der Waals surface area contributed by atoms with Crippen LogP contribution in [0.3, 0.4) is 0 Å². The van der Waals surface area contributed by atoms with Gasteiger partial charge in [-0.1, -0.05) is 30.3 Å². The van der Waals surface area contributed by atoms with Crippen LogP contribution in [-0.4, -0.2) is 41.8 Å². The van der Waals surface area contributed by atoms with E-state index in [0.29, 0.717) is 6.61 Å². The summed E-state index contributed by atoms with van der Waals surface area (Å²) in [6, 6.07) is 12.5.